The number of aliphatic hydroxyl groups is 1. The first-order valence-corrected chi connectivity index (χ1v) is 7.87. The number of hydrogen-bond acceptors (Lipinski definition) is 3. The number of benzene rings is 1. The highest BCUT2D eigenvalue weighted by Gasteiger charge is 2.25. The first kappa shape index (κ1) is 15.0. The minimum absolute atomic E-state index is 0.137. The van der Waals surface area contributed by atoms with Crippen LogP contribution in [0.1, 0.15) is 17.5 Å². The third-order valence-electron chi connectivity index (χ3n) is 3.31. The lowest BCUT2D eigenvalue weighted by atomic mass is 10.1. The molecule has 20 heavy (non-hydrogen) atoms. The molecule has 1 amide bonds. The average molecular weight is 289 g/mol. The lowest BCUT2D eigenvalue weighted by Gasteiger charge is -2.20. The van der Waals surface area contributed by atoms with Gasteiger partial charge < -0.3 is 10.0 Å². The summed E-state index contributed by atoms with van der Waals surface area (Å²) in [4.78, 5) is 14.1. The van der Waals surface area contributed by atoms with Gasteiger partial charge in [0.25, 0.3) is 0 Å². The predicted octanol–water partition coefficient (Wildman–Crippen LogP) is 1.74. The maximum absolute atomic E-state index is 12.3. The maximum Gasteiger partial charge on any atom is 0.226 e. The van der Waals surface area contributed by atoms with Crippen molar-refractivity contribution in [2.24, 2.45) is 5.92 Å². The quantitative estimate of drug-likeness (QED) is 0.862. The van der Waals surface area contributed by atoms with Gasteiger partial charge in [-0.25, -0.2) is 0 Å². The molecule has 1 atom stereocenters. The number of aliphatic hydroxyl groups excluding tert-OH is 1. The molecule has 1 unspecified atom stereocenters. The number of rotatable bonds is 3. The van der Waals surface area contributed by atoms with Crippen molar-refractivity contribution in [1.29, 1.82) is 0 Å². The molecule has 1 saturated heterocycles. The molecule has 0 aromatic heterocycles. The third kappa shape index (κ3) is 4.03. The molecule has 1 aliphatic rings. The van der Waals surface area contributed by atoms with Gasteiger partial charge >= 0.3 is 0 Å². The van der Waals surface area contributed by atoms with E-state index in [0.717, 1.165) is 29.1 Å². The Kier molecular flexibility index (Phi) is 5.51. The Morgan fingerprint density at radius 3 is 3.10 bits per heavy atom. The third-order valence-corrected chi connectivity index (χ3v) is 4.48. The Balaban J connectivity index is 1.99. The molecular formula is C16H19NO2S. The Labute approximate surface area is 124 Å². The fraction of sp³-hybridized carbons (Fsp3) is 0.438. The molecule has 1 N–H and O–H groups in total. The van der Waals surface area contributed by atoms with Crippen LogP contribution in [0.3, 0.4) is 0 Å². The SMILES string of the molecule is CN(Cc1cccc(C#CCO)c1)C(=O)C1CCSC1. The largest absolute Gasteiger partial charge is 0.384 e. The summed E-state index contributed by atoms with van der Waals surface area (Å²) in [6.07, 6.45) is 0.996. The van der Waals surface area contributed by atoms with Crippen LogP contribution in [0.15, 0.2) is 24.3 Å². The standard InChI is InChI=1S/C16H19NO2S/c1-17(16(19)15-7-9-20-12-15)11-14-5-2-4-13(10-14)6-3-8-18/h2,4-5,10,15,18H,7-9,11-12H2,1H3. The summed E-state index contributed by atoms with van der Waals surface area (Å²) in [7, 11) is 1.86. The Morgan fingerprint density at radius 1 is 1.55 bits per heavy atom. The van der Waals surface area contributed by atoms with Gasteiger partial charge in [0.15, 0.2) is 0 Å². The second kappa shape index (κ2) is 7.37. The van der Waals surface area contributed by atoms with Crippen LogP contribution < -0.4 is 0 Å². The normalized spacial score (nSPS) is 17.4. The molecule has 1 aromatic rings. The van der Waals surface area contributed by atoms with E-state index in [-0.39, 0.29) is 18.4 Å². The molecule has 1 heterocycles. The molecule has 0 spiro atoms. The summed E-state index contributed by atoms with van der Waals surface area (Å²) < 4.78 is 0. The van der Waals surface area contributed by atoms with E-state index in [1.165, 1.54) is 0 Å². The van der Waals surface area contributed by atoms with Crippen molar-refractivity contribution < 1.29 is 9.90 Å². The molecule has 3 nitrogen and oxygen atoms in total. The zero-order valence-electron chi connectivity index (χ0n) is 11.6. The summed E-state index contributed by atoms with van der Waals surface area (Å²) in [6, 6.07) is 7.80. The molecule has 0 aliphatic carbocycles. The molecule has 1 aliphatic heterocycles. The monoisotopic (exact) mass is 289 g/mol. The van der Waals surface area contributed by atoms with E-state index >= 15 is 0 Å². The van der Waals surface area contributed by atoms with Crippen LogP contribution in [-0.2, 0) is 11.3 Å². The Hall–Kier alpha value is -1.44. The maximum atomic E-state index is 12.3. The van der Waals surface area contributed by atoms with Crippen molar-refractivity contribution in [2.75, 3.05) is 25.2 Å². The zero-order valence-corrected chi connectivity index (χ0v) is 12.4. The highest BCUT2D eigenvalue weighted by molar-refractivity contribution is 7.99. The van der Waals surface area contributed by atoms with Crippen LogP contribution in [0.4, 0.5) is 0 Å². The average Bonchev–Trinajstić information content (AvgIpc) is 2.98. The first-order valence-electron chi connectivity index (χ1n) is 6.72. The van der Waals surface area contributed by atoms with Crippen LogP contribution in [-0.4, -0.2) is 41.1 Å². The minimum Gasteiger partial charge on any atom is -0.384 e. The molecule has 2 rings (SSSR count). The molecule has 106 valence electrons. The smallest absolute Gasteiger partial charge is 0.226 e. The number of thioether (sulfide) groups is 1. The van der Waals surface area contributed by atoms with E-state index in [0.29, 0.717) is 6.54 Å². The van der Waals surface area contributed by atoms with Gasteiger partial charge in [0.05, 0.1) is 0 Å². The van der Waals surface area contributed by atoms with Crippen LogP contribution in [0, 0.1) is 17.8 Å². The highest BCUT2D eigenvalue weighted by atomic mass is 32.2. The van der Waals surface area contributed by atoms with E-state index in [9.17, 15) is 4.79 Å². The fourth-order valence-electron chi connectivity index (χ4n) is 2.28. The summed E-state index contributed by atoms with van der Waals surface area (Å²) >= 11 is 1.86. The minimum atomic E-state index is -0.137. The molecule has 0 radical (unpaired) electrons. The molecule has 0 saturated carbocycles. The van der Waals surface area contributed by atoms with Gasteiger partial charge in [-0.15, -0.1) is 0 Å². The van der Waals surface area contributed by atoms with E-state index in [1.807, 2.05) is 43.1 Å². The van der Waals surface area contributed by atoms with E-state index in [2.05, 4.69) is 11.8 Å². The number of carbonyl (C=O) groups excluding carboxylic acids is 1. The Bertz CT molecular complexity index is 527. The lowest BCUT2D eigenvalue weighted by Crippen LogP contribution is -2.32. The van der Waals surface area contributed by atoms with Crippen molar-refractivity contribution in [3.63, 3.8) is 0 Å². The second-order valence-electron chi connectivity index (χ2n) is 4.92. The topological polar surface area (TPSA) is 40.5 Å². The van der Waals surface area contributed by atoms with E-state index < -0.39 is 0 Å². The summed E-state index contributed by atoms with van der Waals surface area (Å²) in [5.74, 6) is 7.98. The second-order valence-corrected chi connectivity index (χ2v) is 6.06. The van der Waals surface area contributed by atoms with Crippen molar-refractivity contribution in [2.45, 2.75) is 13.0 Å². The Morgan fingerprint density at radius 2 is 2.40 bits per heavy atom. The van der Waals surface area contributed by atoms with Gasteiger partial charge in [0.2, 0.25) is 5.91 Å². The van der Waals surface area contributed by atoms with Crippen molar-refractivity contribution in [3.05, 3.63) is 35.4 Å². The summed E-state index contributed by atoms with van der Waals surface area (Å²) in [5.41, 5.74) is 1.94. The van der Waals surface area contributed by atoms with Crippen LogP contribution >= 0.6 is 11.8 Å². The van der Waals surface area contributed by atoms with Crippen LogP contribution in [0.5, 0.6) is 0 Å². The zero-order chi connectivity index (χ0) is 14.4. The predicted molar refractivity (Wildman–Crippen MR) is 82.3 cm³/mol. The highest BCUT2D eigenvalue weighted by Crippen LogP contribution is 2.25. The van der Waals surface area contributed by atoms with Crippen molar-refractivity contribution in [3.8, 4) is 11.8 Å². The van der Waals surface area contributed by atoms with Gasteiger partial charge in [-0.2, -0.15) is 11.8 Å². The number of amides is 1. The van der Waals surface area contributed by atoms with Crippen LogP contribution in [0.2, 0.25) is 0 Å². The number of hydrogen-bond donors (Lipinski definition) is 1. The van der Waals surface area contributed by atoms with Gasteiger partial charge in [-0.3, -0.25) is 4.79 Å². The fourth-order valence-corrected chi connectivity index (χ4v) is 3.49. The lowest BCUT2D eigenvalue weighted by molar-refractivity contribution is -0.133. The molecular weight excluding hydrogens is 270 g/mol. The summed E-state index contributed by atoms with van der Waals surface area (Å²) in [6.45, 7) is 0.469. The summed E-state index contributed by atoms with van der Waals surface area (Å²) in [5, 5.41) is 8.71. The molecule has 1 fully saturated rings. The number of nitrogens with zero attached hydrogens (tertiary/aromatic N) is 1. The van der Waals surface area contributed by atoms with Gasteiger partial charge in [-0.1, -0.05) is 24.0 Å². The van der Waals surface area contributed by atoms with Crippen molar-refractivity contribution in [1.82, 2.24) is 4.90 Å². The van der Waals surface area contributed by atoms with E-state index in [4.69, 9.17) is 5.11 Å². The molecule has 4 heteroatoms. The van der Waals surface area contributed by atoms with Crippen molar-refractivity contribution >= 4 is 17.7 Å². The van der Waals surface area contributed by atoms with Gasteiger partial charge in [0.1, 0.15) is 6.61 Å². The van der Waals surface area contributed by atoms with Crippen LogP contribution in [0.25, 0.3) is 0 Å². The van der Waals surface area contributed by atoms with Gasteiger partial charge in [-0.05, 0) is 29.9 Å². The molecule has 0 bridgehead atoms. The first-order chi connectivity index (χ1) is 9.70. The molecule has 1 aromatic carbocycles. The van der Waals surface area contributed by atoms with E-state index in [1.54, 1.807) is 4.90 Å². The van der Waals surface area contributed by atoms with Gasteiger partial charge in [0, 0.05) is 30.8 Å². The number of carbonyl (C=O) groups is 1.